The summed E-state index contributed by atoms with van der Waals surface area (Å²) >= 11 is 5.86. The molecule has 0 aliphatic rings. The van der Waals surface area contributed by atoms with Crippen LogP contribution in [0.1, 0.15) is 25.3 Å². The molecule has 2 rings (SSSR count). The van der Waals surface area contributed by atoms with Gasteiger partial charge in [0.1, 0.15) is 5.75 Å². The highest BCUT2D eigenvalue weighted by molar-refractivity contribution is 7.87. The van der Waals surface area contributed by atoms with Crippen molar-refractivity contribution >= 4 is 21.7 Å². The van der Waals surface area contributed by atoms with Crippen LogP contribution in [-0.2, 0) is 10.1 Å². The Hall–Kier alpha value is -2.12. The Kier molecular flexibility index (Phi) is 5.69. The molecule has 134 valence electrons. The minimum Gasteiger partial charge on any atom is -0.382 e. The maximum atomic E-state index is 12.4. The van der Waals surface area contributed by atoms with Crippen LogP contribution in [0.15, 0.2) is 54.6 Å². The van der Waals surface area contributed by atoms with Gasteiger partial charge in [0.05, 0.1) is 11.7 Å². The van der Waals surface area contributed by atoms with Crippen LogP contribution in [0.4, 0.5) is 0 Å². The van der Waals surface area contributed by atoms with E-state index in [1.54, 1.807) is 42.5 Å². The van der Waals surface area contributed by atoms with Gasteiger partial charge in [0.25, 0.3) is 0 Å². The van der Waals surface area contributed by atoms with Crippen molar-refractivity contribution in [2.24, 2.45) is 0 Å². The van der Waals surface area contributed by atoms with Crippen LogP contribution in [0.5, 0.6) is 5.75 Å². The number of hydrogen-bond acceptors (Lipinski definition) is 5. The molecule has 2 aromatic rings. The van der Waals surface area contributed by atoms with Gasteiger partial charge in [-0.1, -0.05) is 41.9 Å². The first-order valence-electron chi connectivity index (χ1n) is 7.49. The Labute approximate surface area is 151 Å². The summed E-state index contributed by atoms with van der Waals surface area (Å²) in [6, 6.07) is 14.4. The molecular formula is C17H18ClNO5S. The predicted octanol–water partition coefficient (Wildman–Crippen LogP) is 3.89. The summed E-state index contributed by atoms with van der Waals surface area (Å²) < 4.78 is 30.0. The van der Waals surface area contributed by atoms with Crippen molar-refractivity contribution in [3.8, 4) is 5.75 Å². The molecule has 1 atom stereocenters. The van der Waals surface area contributed by atoms with E-state index in [2.05, 4.69) is 0 Å². The van der Waals surface area contributed by atoms with E-state index in [4.69, 9.17) is 15.8 Å². The highest BCUT2D eigenvalue weighted by Crippen LogP contribution is 2.33. The van der Waals surface area contributed by atoms with E-state index in [-0.39, 0.29) is 5.75 Å². The van der Waals surface area contributed by atoms with Gasteiger partial charge in [-0.05, 0) is 29.8 Å². The van der Waals surface area contributed by atoms with Crippen molar-refractivity contribution in [2.45, 2.75) is 25.3 Å². The molecular weight excluding hydrogens is 366 g/mol. The highest BCUT2D eigenvalue weighted by Gasteiger charge is 2.44. The van der Waals surface area contributed by atoms with Gasteiger partial charge in [0, 0.05) is 23.8 Å². The van der Waals surface area contributed by atoms with Crippen molar-refractivity contribution in [3.05, 3.63) is 75.3 Å². The summed E-state index contributed by atoms with van der Waals surface area (Å²) in [5.41, 5.74) is -1.01. The molecule has 6 nitrogen and oxygen atoms in total. The Balaban J connectivity index is 2.35. The Bertz CT molecular complexity index is 835. The van der Waals surface area contributed by atoms with Gasteiger partial charge >= 0.3 is 10.1 Å². The number of halogens is 1. The molecule has 0 saturated carbocycles. The van der Waals surface area contributed by atoms with Crippen LogP contribution < -0.4 is 4.18 Å². The molecule has 8 heteroatoms. The Morgan fingerprint density at radius 2 is 1.68 bits per heavy atom. The normalized spacial score (nSPS) is 13.2. The quantitative estimate of drug-likeness (QED) is 0.411. The van der Waals surface area contributed by atoms with Gasteiger partial charge in [0.2, 0.25) is 5.54 Å². The van der Waals surface area contributed by atoms with E-state index < -0.39 is 32.3 Å². The molecule has 0 N–H and O–H groups in total. The van der Waals surface area contributed by atoms with E-state index in [1.165, 1.54) is 26.0 Å². The third-order valence-corrected chi connectivity index (χ3v) is 5.37. The maximum absolute atomic E-state index is 12.4. The van der Waals surface area contributed by atoms with E-state index in [1.807, 2.05) is 0 Å². The van der Waals surface area contributed by atoms with E-state index in [0.29, 0.717) is 10.6 Å². The summed E-state index contributed by atoms with van der Waals surface area (Å²) in [4.78, 5) is 11.0. The van der Waals surface area contributed by atoms with Crippen molar-refractivity contribution in [1.29, 1.82) is 0 Å². The lowest BCUT2D eigenvalue weighted by Crippen LogP contribution is -2.42. The Morgan fingerprint density at radius 3 is 2.20 bits per heavy atom. The van der Waals surface area contributed by atoms with Crippen molar-refractivity contribution < 1.29 is 17.5 Å². The van der Waals surface area contributed by atoms with Crippen LogP contribution in [0, 0.1) is 10.1 Å². The number of hydrogen-bond donors (Lipinski definition) is 0. The first-order valence-corrected chi connectivity index (χ1v) is 9.44. The van der Waals surface area contributed by atoms with Gasteiger partial charge in [-0.2, -0.15) is 8.42 Å². The summed E-state index contributed by atoms with van der Waals surface area (Å²) in [7, 11) is -4.05. The number of rotatable bonds is 7. The second-order valence-electron chi connectivity index (χ2n) is 6.14. The maximum Gasteiger partial charge on any atom is 0.310 e. The molecule has 0 aromatic heterocycles. The molecule has 0 fully saturated rings. The first-order chi connectivity index (χ1) is 11.6. The molecule has 0 saturated heterocycles. The lowest BCUT2D eigenvalue weighted by molar-refractivity contribution is -0.564. The molecule has 25 heavy (non-hydrogen) atoms. The predicted molar refractivity (Wildman–Crippen MR) is 96.1 cm³/mol. The van der Waals surface area contributed by atoms with Gasteiger partial charge in [-0.15, -0.1) is 0 Å². The lowest BCUT2D eigenvalue weighted by atomic mass is 9.84. The summed E-state index contributed by atoms with van der Waals surface area (Å²) in [6.07, 6.45) is 0. The van der Waals surface area contributed by atoms with E-state index in [9.17, 15) is 18.5 Å². The van der Waals surface area contributed by atoms with Gasteiger partial charge in [-0.3, -0.25) is 10.1 Å². The largest absolute Gasteiger partial charge is 0.382 e. The number of nitrogens with zero attached hydrogens (tertiary/aromatic N) is 1. The SMILES string of the molecule is CC(C)(C(CS(=O)(=O)Oc1ccccc1)c1ccc(Cl)cc1)[N+](=O)[O-]. The van der Waals surface area contributed by atoms with Crippen molar-refractivity contribution in [2.75, 3.05) is 5.75 Å². The molecule has 0 bridgehead atoms. The highest BCUT2D eigenvalue weighted by atomic mass is 35.5. The molecule has 0 spiro atoms. The second kappa shape index (κ2) is 7.41. The van der Waals surface area contributed by atoms with Crippen LogP contribution in [0.25, 0.3) is 0 Å². The number of benzene rings is 2. The van der Waals surface area contributed by atoms with Crippen molar-refractivity contribution in [1.82, 2.24) is 0 Å². The smallest absolute Gasteiger partial charge is 0.310 e. The molecule has 0 aliphatic carbocycles. The van der Waals surface area contributed by atoms with E-state index in [0.717, 1.165) is 0 Å². The first kappa shape index (κ1) is 19.2. The third-order valence-electron chi connectivity index (χ3n) is 3.93. The van der Waals surface area contributed by atoms with Crippen LogP contribution in [0.3, 0.4) is 0 Å². The van der Waals surface area contributed by atoms with E-state index >= 15 is 0 Å². The monoisotopic (exact) mass is 383 g/mol. The molecule has 1 unspecified atom stereocenters. The summed E-state index contributed by atoms with van der Waals surface area (Å²) in [5, 5.41) is 12.0. The average molecular weight is 384 g/mol. The third kappa shape index (κ3) is 4.93. The zero-order valence-electron chi connectivity index (χ0n) is 13.8. The van der Waals surface area contributed by atoms with Crippen LogP contribution in [-0.4, -0.2) is 24.6 Å². The fourth-order valence-electron chi connectivity index (χ4n) is 2.39. The molecule has 0 heterocycles. The molecule has 0 radical (unpaired) electrons. The summed E-state index contributed by atoms with van der Waals surface area (Å²) in [5.74, 6) is -1.28. The minimum atomic E-state index is -4.05. The topological polar surface area (TPSA) is 86.5 Å². The van der Waals surface area contributed by atoms with Gasteiger partial charge in [-0.25, -0.2) is 0 Å². The molecule has 0 amide bonds. The standard InChI is InChI=1S/C17H18ClNO5S/c1-17(2,19(20)21)16(13-8-10-14(18)11-9-13)12-25(22,23)24-15-6-4-3-5-7-15/h3-11,16H,12H2,1-2H3. The zero-order chi connectivity index (χ0) is 18.7. The fraction of sp³-hybridized carbons (Fsp3) is 0.294. The average Bonchev–Trinajstić information content (AvgIpc) is 2.54. The molecule has 0 aliphatic heterocycles. The second-order valence-corrected chi connectivity index (χ2v) is 8.19. The number of nitro groups is 1. The van der Waals surface area contributed by atoms with Gasteiger partial charge < -0.3 is 4.18 Å². The zero-order valence-corrected chi connectivity index (χ0v) is 15.3. The van der Waals surface area contributed by atoms with Crippen molar-refractivity contribution in [3.63, 3.8) is 0 Å². The van der Waals surface area contributed by atoms with Crippen LogP contribution in [0.2, 0.25) is 5.02 Å². The van der Waals surface area contributed by atoms with Crippen LogP contribution >= 0.6 is 11.6 Å². The molecule has 2 aromatic carbocycles. The lowest BCUT2D eigenvalue weighted by Gasteiger charge is -2.27. The minimum absolute atomic E-state index is 0.163. The fourth-order valence-corrected chi connectivity index (χ4v) is 4.00. The van der Waals surface area contributed by atoms with Gasteiger partial charge in [0.15, 0.2) is 0 Å². The number of para-hydroxylation sites is 1. The summed E-state index contributed by atoms with van der Waals surface area (Å²) in [6.45, 7) is 2.79. The Morgan fingerprint density at radius 1 is 1.12 bits per heavy atom.